The maximum Gasteiger partial charge on any atom is 0.252 e. The molecule has 0 radical (unpaired) electrons. The third-order valence-corrected chi connectivity index (χ3v) is 3.28. The zero-order valence-corrected chi connectivity index (χ0v) is 12.1. The van der Waals surface area contributed by atoms with Crippen LogP contribution in [0.2, 0.25) is 0 Å². The first kappa shape index (κ1) is 14.8. The van der Waals surface area contributed by atoms with E-state index in [9.17, 15) is 9.59 Å². The van der Waals surface area contributed by atoms with Gasteiger partial charge in [0, 0.05) is 11.1 Å². The lowest BCUT2D eigenvalue weighted by Gasteiger charge is -2.10. The Bertz CT molecular complexity index is 608. The highest BCUT2D eigenvalue weighted by Gasteiger charge is 2.10. The van der Waals surface area contributed by atoms with E-state index in [1.165, 1.54) is 0 Å². The smallest absolute Gasteiger partial charge is 0.252 e. The number of hydrogen-bond acceptors (Lipinski definition) is 2. The van der Waals surface area contributed by atoms with Crippen molar-refractivity contribution < 1.29 is 9.59 Å². The normalized spacial score (nSPS) is 10.0. The van der Waals surface area contributed by atoms with Crippen LogP contribution in [0.25, 0.3) is 0 Å². The number of carbonyl (C=O) groups is 2. The van der Waals surface area contributed by atoms with Gasteiger partial charge in [-0.1, -0.05) is 36.4 Å². The van der Waals surface area contributed by atoms with Crippen molar-refractivity contribution in [1.29, 1.82) is 0 Å². The van der Waals surface area contributed by atoms with Crippen molar-refractivity contribution in [1.82, 2.24) is 10.6 Å². The number of rotatable bonds is 4. The summed E-state index contributed by atoms with van der Waals surface area (Å²) >= 11 is 0. The molecule has 0 spiro atoms. The molecule has 0 aliphatic rings. The van der Waals surface area contributed by atoms with Gasteiger partial charge >= 0.3 is 0 Å². The lowest BCUT2D eigenvalue weighted by Crippen LogP contribution is -2.37. The largest absolute Gasteiger partial charge is 0.335 e. The number of carbonyl (C=O) groups excluding carboxylic acids is 2. The summed E-state index contributed by atoms with van der Waals surface area (Å²) in [5, 5.41) is 5.38. The topological polar surface area (TPSA) is 58.2 Å². The first-order valence-corrected chi connectivity index (χ1v) is 6.77. The highest BCUT2D eigenvalue weighted by atomic mass is 16.2. The maximum absolute atomic E-state index is 12.0. The summed E-state index contributed by atoms with van der Waals surface area (Å²) < 4.78 is 0. The van der Waals surface area contributed by atoms with Crippen LogP contribution in [0.15, 0.2) is 48.5 Å². The first-order chi connectivity index (χ1) is 10.1. The van der Waals surface area contributed by atoms with Crippen molar-refractivity contribution in [2.24, 2.45) is 0 Å². The Morgan fingerprint density at radius 1 is 0.762 bits per heavy atom. The molecule has 0 heterocycles. The quantitative estimate of drug-likeness (QED) is 0.846. The molecule has 2 N–H and O–H groups in total. The molecule has 0 saturated carbocycles. The molecule has 0 aromatic heterocycles. The molecule has 0 atom stereocenters. The third kappa shape index (κ3) is 3.69. The summed E-state index contributed by atoms with van der Waals surface area (Å²) in [6.07, 6.45) is 0. The van der Waals surface area contributed by atoms with Gasteiger partial charge in [0.1, 0.15) is 0 Å². The minimum atomic E-state index is -0.196. The monoisotopic (exact) mass is 282 g/mol. The Labute approximate surface area is 124 Å². The van der Waals surface area contributed by atoms with Gasteiger partial charge in [0.2, 0.25) is 0 Å². The number of amides is 2. The fourth-order valence-electron chi connectivity index (χ4n) is 2.05. The first-order valence-electron chi connectivity index (χ1n) is 6.77. The summed E-state index contributed by atoms with van der Waals surface area (Å²) in [6, 6.07) is 14.7. The highest BCUT2D eigenvalue weighted by Crippen LogP contribution is 2.07. The molecular weight excluding hydrogens is 264 g/mol. The van der Waals surface area contributed by atoms with Crippen LogP contribution in [0.4, 0.5) is 0 Å². The second-order valence-electron chi connectivity index (χ2n) is 4.82. The van der Waals surface area contributed by atoms with E-state index >= 15 is 0 Å². The Kier molecular flexibility index (Phi) is 4.72. The van der Waals surface area contributed by atoms with Gasteiger partial charge in [0.05, 0.1) is 6.67 Å². The average molecular weight is 282 g/mol. The van der Waals surface area contributed by atoms with Crippen LogP contribution in [0, 0.1) is 13.8 Å². The number of hydrogen-bond donors (Lipinski definition) is 2. The molecule has 0 fully saturated rings. The van der Waals surface area contributed by atoms with Crippen LogP contribution in [0.5, 0.6) is 0 Å². The van der Waals surface area contributed by atoms with E-state index < -0.39 is 0 Å². The van der Waals surface area contributed by atoms with Gasteiger partial charge in [-0.3, -0.25) is 9.59 Å². The van der Waals surface area contributed by atoms with Gasteiger partial charge < -0.3 is 10.6 Å². The molecule has 21 heavy (non-hydrogen) atoms. The van der Waals surface area contributed by atoms with Crippen molar-refractivity contribution in [3.63, 3.8) is 0 Å². The van der Waals surface area contributed by atoms with Crippen LogP contribution < -0.4 is 10.6 Å². The Hall–Kier alpha value is -2.62. The molecule has 0 saturated heterocycles. The van der Waals surface area contributed by atoms with Gasteiger partial charge in [-0.05, 0) is 37.1 Å². The molecule has 0 unspecified atom stereocenters. The van der Waals surface area contributed by atoms with E-state index in [0.717, 1.165) is 11.1 Å². The molecule has 2 aromatic rings. The predicted molar refractivity (Wildman–Crippen MR) is 82.2 cm³/mol. The van der Waals surface area contributed by atoms with Gasteiger partial charge in [-0.2, -0.15) is 0 Å². The molecule has 2 aromatic carbocycles. The summed E-state index contributed by atoms with van der Waals surface area (Å²) in [5.74, 6) is -0.392. The van der Waals surface area contributed by atoms with Crippen LogP contribution in [0.1, 0.15) is 31.8 Å². The number of nitrogens with one attached hydrogen (secondary N) is 2. The Morgan fingerprint density at radius 3 is 1.52 bits per heavy atom. The molecule has 0 bridgehead atoms. The van der Waals surface area contributed by atoms with Gasteiger partial charge in [0.15, 0.2) is 0 Å². The highest BCUT2D eigenvalue weighted by molar-refractivity contribution is 5.97. The lowest BCUT2D eigenvalue weighted by molar-refractivity contribution is 0.0920. The standard InChI is InChI=1S/C17H18N2O2/c1-12-7-3-5-9-14(12)16(20)18-11-19-17(21)15-10-6-4-8-13(15)2/h3-10H,11H2,1-2H3,(H,18,20)(H,19,21). The summed E-state index contributed by atoms with van der Waals surface area (Å²) in [5.41, 5.74) is 3.03. The second-order valence-corrected chi connectivity index (χ2v) is 4.82. The number of benzene rings is 2. The van der Waals surface area contributed by atoms with E-state index in [1.807, 2.05) is 50.2 Å². The summed E-state index contributed by atoms with van der Waals surface area (Å²) in [6.45, 7) is 3.85. The minimum absolute atomic E-state index is 0.0976. The molecule has 4 nitrogen and oxygen atoms in total. The van der Waals surface area contributed by atoms with Crippen molar-refractivity contribution in [3.8, 4) is 0 Å². The van der Waals surface area contributed by atoms with Crippen molar-refractivity contribution in [2.75, 3.05) is 6.67 Å². The van der Waals surface area contributed by atoms with Gasteiger partial charge in [-0.15, -0.1) is 0 Å². The van der Waals surface area contributed by atoms with Crippen LogP contribution in [-0.4, -0.2) is 18.5 Å². The molecule has 2 rings (SSSR count). The molecule has 2 amide bonds. The average Bonchev–Trinajstić information content (AvgIpc) is 2.48. The van der Waals surface area contributed by atoms with Crippen LogP contribution in [-0.2, 0) is 0 Å². The van der Waals surface area contributed by atoms with Crippen molar-refractivity contribution in [2.45, 2.75) is 13.8 Å². The van der Waals surface area contributed by atoms with E-state index in [-0.39, 0.29) is 18.5 Å². The SMILES string of the molecule is Cc1ccccc1C(=O)NCNC(=O)c1ccccc1C. The third-order valence-electron chi connectivity index (χ3n) is 3.28. The molecule has 108 valence electrons. The fraction of sp³-hybridized carbons (Fsp3) is 0.176. The van der Waals surface area contributed by atoms with E-state index in [4.69, 9.17) is 0 Å². The molecule has 4 heteroatoms. The van der Waals surface area contributed by atoms with E-state index in [0.29, 0.717) is 11.1 Å². The predicted octanol–water partition coefficient (Wildman–Crippen LogP) is 2.42. The summed E-state index contributed by atoms with van der Waals surface area (Å²) in [7, 11) is 0. The maximum atomic E-state index is 12.0. The minimum Gasteiger partial charge on any atom is -0.335 e. The second kappa shape index (κ2) is 6.70. The molecule has 0 aliphatic heterocycles. The number of aryl methyl sites for hydroxylation is 2. The van der Waals surface area contributed by atoms with Crippen LogP contribution in [0.3, 0.4) is 0 Å². The zero-order chi connectivity index (χ0) is 15.2. The summed E-state index contributed by atoms with van der Waals surface area (Å²) in [4.78, 5) is 24.0. The lowest BCUT2D eigenvalue weighted by atomic mass is 10.1. The van der Waals surface area contributed by atoms with Crippen LogP contribution >= 0.6 is 0 Å². The molecular formula is C17H18N2O2. The van der Waals surface area contributed by atoms with Crippen molar-refractivity contribution >= 4 is 11.8 Å². The van der Waals surface area contributed by atoms with E-state index in [2.05, 4.69) is 10.6 Å². The Balaban J connectivity index is 1.90. The van der Waals surface area contributed by atoms with Crippen molar-refractivity contribution in [3.05, 3.63) is 70.8 Å². The zero-order valence-electron chi connectivity index (χ0n) is 12.1. The molecule has 0 aliphatic carbocycles. The Morgan fingerprint density at radius 2 is 1.14 bits per heavy atom. The van der Waals surface area contributed by atoms with Gasteiger partial charge in [0.25, 0.3) is 11.8 Å². The fourth-order valence-corrected chi connectivity index (χ4v) is 2.05. The van der Waals surface area contributed by atoms with Gasteiger partial charge in [-0.25, -0.2) is 0 Å². The van der Waals surface area contributed by atoms with E-state index in [1.54, 1.807) is 12.1 Å².